The Morgan fingerprint density at radius 1 is 1.19 bits per heavy atom. The van der Waals surface area contributed by atoms with E-state index in [0.717, 1.165) is 33.4 Å². The fourth-order valence-electron chi connectivity index (χ4n) is 3.23. The van der Waals surface area contributed by atoms with Gasteiger partial charge in [-0.25, -0.2) is 4.98 Å². The summed E-state index contributed by atoms with van der Waals surface area (Å²) in [6, 6.07) is 8.85. The van der Waals surface area contributed by atoms with E-state index in [2.05, 4.69) is 21.4 Å². The minimum Gasteiger partial charge on any atom is -0.391 e. The van der Waals surface area contributed by atoms with Crippen molar-refractivity contribution in [2.75, 3.05) is 5.32 Å². The van der Waals surface area contributed by atoms with Crippen LogP contribution in [0, 0.1) is 19.8 Å². The lowest BCUT2D eigenvalue weighted by molar-refractivity contribution is -0.120. The standard InChI is InChI=1S/C21H26N4O2/c1-11(2)19(26)18(22)21(27)25-14-5-6-15(12(3)9-14)16-7-8-23-20-17(16)10-13(4)24-20/h5-11,18-19,26H,22H2,1-4H3,(H,23,24)(H,25,27)/t18-,19+/m1/s1. The molecule has 2 heterocycles. The summed E-state index contributed by atoms with van der Waals surface area (Å²) in [5.41, 5.74) is 11.6. The Morgan fingerprint density at radius 3 is 2.59 bits per heavy atom. The molecule has 6 heteroatoms. The van der Waals surface area contributed by atoms with Crippen molar-refractivity contribution in [3.8, 4) is 11.1 Å². The minimum atomic E-state index is -0.965. The first-order valence-electron chi connectivity index (χ1n) is 9.07. The van der Waals surface area contributed by atoms with Gasteiger partial charge in [0.25, 0.3) is 0 Å². The molecular weight excluding hydrogens is 340 g/mol. The Hall–Kier alpha value is -2.70. The highest BCUT2D eigenvalue weighted by Crippen LogP contribution is 2.31. The summed E-state index contributed by atoms with van der Waals surface area (Å²) in [5, 5.41) is 13.9. The van der Waals surface area contributed by atoms with E-state index in [1.54, 1.807) is 6.20 Å². The number of benzene rings is 1. The highest BCUT2D eigenvalue weighted by atomic mass is 16.3. The van der Waals surface area contributed by atoms with Crippen LogP contribution >= 0.6 is 0 Å². The molecule has 5 N–H and O–H groups in total. The van der Waals surface area contributed by atoms with Crippen LogP contribution in [-0.4, -0.2) is 33.1 Å². The molecule has 0 fully saturated rings. The molecule has 0 radical (unpaired) electrons. The van der Waals surface area contributed by atoms with Gasteiger partial charge in [0.05, 0.1) is 6.10 Å². The Labute approximate surface area is 158 Å². The first kappa shape index (κ1) is 19.1. The van der Waals surface area contributed by atoms with E-state index in [1.807, 2.05) is 52.0 Å². The van der Waals surface area contributed by atoms with Crippen LogP contribution in [-0.2, 0) is 4.79 Å². The van der Waals surface area contributed by atoms with Crippen molar-refractivity contribution in [2.45, 2.75) is 39.8 Å². The van der Waals surface area contributed by atoms with Crippen LogP contribution < -0.4 is 11.1 Å². The van der Waals surface area contributed by atoms with E-state index >= 15 is 0 Å². The number of aliphatic hydroxyl groups is 1. The lowest BCUT2D eigenvalue weighted by atomic mass is 9.97. The zero-order valence-corrected chi connectivity index (χ0v) is 16.1. The number of aromatic amines is 1. The summed E-state index contributed by atoms with van der Waals surface area (Å²) >= 11 is 0. The predicted molar refractivity (Wildman–Crippen MR) is 108 cm³/mol. The van der Waals surface area contributed by atoms with E-state index in [1.165, 1.54) is 0 Å². The SMILES string of the molecule is Cc1cc2c(-c3ccc(NC(=O)[C@H](N)[C@@H](O)C(C)C)cc3C)ccnc2[nH]1. The Balaban J connectivity index is 1.87. The van der Waals surface area contributed by atoms with E-state index in [0.29, 0.717) is 5.69 Å². The lowest BCUT2D eigenvalue weighted by Crippen LogP contribution is -2.47. The summed E-state index contributed by atoms with van der Waals surface area (Å²) in [6.45, 7) is 7.66. The number of hydrogen-bond acceptors (Lipinski definition) is 4. The van der Waals surface area contributed by atoms with Gasteiger partial charge in [-0.1, -0.05) is 19.9 Å². The second kappa shape index (κ2) is 7.50. The topological polar surface area (TPSA) is 104 Å². The third kappa shape index (κ3) is 3.86. The molecule has 0 spiro atoms. The third-order valence-corrected chi connectivity index (χ3v) is 4.80. The fraction of sp³-hybridized carbons (Fsp3) is 0.333. The lowest BCUT2D eigenvalue weighted by Gasteiger charge is -2.21. The molecule has 27 heavy (non-hydrogen) atoms. The zero-order chi connectivity index (χ0) is 19.7. The number of carbonyl (C=O) groups is 1. The molecule has 3 rings (SSSR count). The number of aryl methyl sites for hydroxylation is 2. The third-order valence-electron chi connectivity index (χ3n) is 4.80. The number of amides is 1. The van der Waals surface area contributed by atoms with Crippen molar-refractivity contribution >= 4 is 22.6 Å². The van der Waals surface area contributed by atoms with E-state index in [4.69, 9.17) is 5.73 Å². The molecule has 6 nitrogen and oxygen atoms in total. The summed E-state index contributed by atoms with van der Waals surface area (Å²) in [4.78, 5) is 19.9. The predicted octanol–water partition coefficient (Wildman–Crippen LogP) is 3.13. The van der Waals surface area contributed by atoms with E-state index in [9.17, 15) is 9.90 Å². The maximum atomic E-state index is 12.3. The number of nitrogens with two attached hydrogens (primary N) is 1. The largest absolute Gasteiger partial charge is 0.391 e. The molecule has 2 atom stereocenters. The van der Waals surface area contributed by atoms with Crippen LogP contribution in [0.5, 0.6) is 0 Å². The second-order valence-corrected chi connectivity index (χ2v) is 7.35. The number of rotatable bonds is 5. The average molecular weight is 366 g/mol. The molecule has 0 bridgehead atoms. The maximum absolute atomic E-state index is 12.3. The monoisotopic (exact) mass is 366 g/mol. The number of pyridine rings is 1. The van der Waals surface area contributed by atoms with Gasteiger partial charge in [0.15, 0.2) is 0 Å². The number of H-pyrrole nitrogens is 1. The van der Waals surface area contributed by atoms with Gasteiger partial charge >= 0.3 is 0 Å². The Kier molecular flexibility index (Phi) is 5.30. The molecule has 0 saturated carbocycles. The van der Waals surface area contributed by atoms with Gasteiger partial charge in [-0.15, -0.1) is 0 Å². The van der Waals surface area contributed by atoms with Crippen molar-refractivity contribution < 1.29 is 9.90 Å². The van der Waals surface area contributed by atoms with E-state index < -0.39 is 18.1 Å². The highest BCUT2D eigenvalue weighted by molar-refractivity contribution is 5.97. The van der Waals surface area contributed by atoms with Crippen molar-refractivity contribution in [3.63, 3.8) is 0 Å². The number of nitrogens with one attached hydrogen (secondary N) is 2. The summed E-state index contributed by atoms with van der Waals surface area (Å²) in [7, 11) is 0. The van der Waals surface area contributed by atoms with Crippen LogP contribution in [0.2, 0.25) is 0 Å². The van der Waals surface area contributed by atoms with Crippen molar-refractivity contribution in [1.82, 2.24) is 9.97 Å². The molecule has 0 unspecified atom stereocenters. The van der Waals surface area contributed by atoms with Gasteiger partial charge in [0.2, 0.25) is 5.91 Å². The molecule has 1 aromatic carbocycles. The van der Waals surface area contributed by atoms with Gasteiger partial charge in [0, 0.05) is 23.0 Å². The second-order valence-electron chi connectivity index (χ2n) is 7.35. The Bertz CT molecular complexity index is 977. The van der Waals surface area contributed by atoms with Gasteiger partial charge in [-0.3, -0.25) is 4.79 Å². The molecule has 0 aliphatic carbocycles. The first-order valence-corrected chi connectivity index (χ1v) is 9.07. The number of aromatic nitrogens is 2. The molecule has 3 aromatic rings. The van der Waals surface area contributed by atoms with Crippen LogP contribution in [0.1, 0.15) is 25.1 Å². The molecule has 0 saturated heterocycles. The first-order chi connectivity index (χ1) is 12.8. The smallest absolute Gasteiger partial charge is 0.243 e. The average Bonchev–Trinajstić information content (AvgIpc) is 3.00. The summed E-state index contributed by atoms with van der Waals surface area (Å²) in [5.74, 6) is -0.482. The number of carbonyl (C=O) groups excluding carboxylic acids is 1. The fourth-order valence-corrected chi connectivity index (χ4v) is 3.23. The number of hydrogen-bond donors (Lipinski definition) is 4. The molecule has 0 aliphatic heterocycles. The van der Waals surface area contributed by atoms with Gasteiger partial charge in [0.1, 0.15) is 11.7 Å². The maximum Gasteiger partial charge on any atom is 0.243 e. The van der Waals surface area contributed by atoms with Gasteiger partial charge in [-0.05, 0) is 60.7 Å². The molecule has 0 aliphatic rings. The number of anilines is 1. The molecular formula is C21H26N4O2. The van der Waals surface area contributed by atoms with Crippen LogP contribution in [0.3, 0.4) is 0 Å². The van der Waals surface area contributed by atoms with Crippen LogP contribution in [0.4, 0.5) is 5.69 Å². The van der Waals surface area contributed by atoms with Crippen LogP contribution in [0.25, 0.3) is 22.2 Å². The van der Waals surface area contributed by atoms with Gasteiger partial charge in [-0.2, -0.15) is 0 Å². The quantitative estimate of drug-likeness (QED) is 0.557. The Morgan fingerprint density at radius 2 is 1.93 bits per heavy atom. The molecule has 1 amide bonds. The number of aliphatic hydroxyl groups excluding tert-OH is 1. The number of nitrogens with zero attached hydrogens (tertiary/aromatic N) is 1. The summed E-state index contributed by atoms with van der Waals surface area (Å²) in [6.07, 6.45) is 0.905. The van der Waals surface area contributed by atoms with Gasteiger partial charge < -0.3 is 21.1 Å². The normalized spacial score (nSPS) is 13.7. The molecule has 2 aromatic heterocycles. The summed E-state index contributed by atoms with van der Waals surface area (Å²) < 4.78 is 0. The van der Waals surface area contributed by atoms with Crippen molar-refractivity contribution in [3.05, 3.63) is 47.8 Å². The minimum absolute atomic E-state index is 0.0891. The highest BCUT2D eigenvalue weighted by Gasteiger charge is 2.25. The molecule has 142 valence electrons. The zero-order valence-electron chi connectivity index (χ0n) is 16.1. The van der Waals surface area contributed by atoms with Crippen molar-refractivity contribution in [1.29, 1.82) is 0 Å². The van der Waals surface area contributed by atoms with Crippen LogP contribution in [0.15, 0.2) is 36.5 Å². The number of fused-ring (bicyclic) bond motifs is 1. The van der Waals surface area contributed by atoms with Crippen molar-refractivity contribution in [2.24, 2.45) is 11.7 Å². The van der Waals surface area contributed by atoms with E-state index in [-0.39, 0.29) is 5.92 Å².